The Morgan fingerprint density at radius 1 is 1.24 bits per heavy atom. The van der Waals surface area contributed by atoms with Gasteiger partial charge in [0.2, 0.25) is 5.78 Å². The summed E-state index contributed by atoms with van der Waals surface area (Å²) in [4.78, 5) is 12.5. The molecule has 1 atom stereocenters. The summed E-state index contributed by atoms with van der Waals surface area (Å²) in [5.74, 6) is 1.72. The van der Waals surface area contributed by atoms with Gasteiger partial charge in [0.05, 0.1) is 7.11 Å². The van der Waals surface area contributed by atoms with Crippen LogP contribution in [0.4, 0.5) is 0 Å². The summed E-state index contributed by atoms with van der Waals surface area (Å²) in [6, 6.07) is 13.2. The molecule has 0 fully saturated rings. The molecule has 4 heteroatoms. The van der Waals surface area contributed by atoms with Gasteiger partial charge in [-0.1, -0.05) is 18.2 Å². The van der Waals surface area contributed by atoms with E-state index in [1.807, 2.05) is 43.3 Å². The molecule has 25 heavy (non-hydrogen) atoms. The maximum absolute atomic E-state index is 12.5. The molecule has 2 heterocycles. The number of fused-ring (bicyclic) bond motifs is 2. The second kappa shape index (κ2) is 6.13. The van der Waals surface area contributed by atoms with Crippen molar-refractivity contribution in [2.45, 2.75) is 19.4 Å². The third kappa shape index (κ3) is 2.91. The molecule has 0 unspecified atom stereocenters. The van der Waals surface area contributed by atoms with Gasteiger partial charge in [-0.15, -0.1) is 0 Å². The van der Waals surface area contributed by atoms with Gasteiger partial charge in [0.15, 0.2) is 5.76 Å². The smallest absolute Gasteiger partial charge is 0.221 e. The number of carbonyl (C=O) groups is 1. The van der Waals surface area contributed by atoms with Gasteiger partial charge >= 0.3 is 0 Å². The highest BCUT2D eigenvalue weighted by Crippen LogP contribution is 2.37. The lowest BCUT2D eigenvalue weighted by molar-refractivity contribution is 0.102. The molecule has 0 saturated heterocycles. The minimum Gasteiger partial charge on any atom is -0.497 e. The van der Waals surface area contributed by atoms with Gasteiger partial charge in [-0.25, -0.2) is 0 Å². The number of rotatable bonds is 4. The maximum atomic E-state index is 12.5. The highest BCUT2D eigenvalue weighted by molar-refractivity contribution is 6.07. The molecule has 4 nitrogen and oxygen atoms in total. The third-order valence-corrected chi connectivity index (χ3v) is 4.31. The molecule has 3 aromatic rings. The molecule has 2 aromatic carbocycles. The zero-order valence-corrected chi connectivity index (χ0v) is 14.1. The molecule has 1 aliphatic rings. The summed E-state index contributed by atoms with van der Waals surface area (Å²) in [7, 11) is 1.63. The van der Waals surface area contributed by atoms with Gasteiger partial charge < -0.3 is 13.9 Å². The Balaban J connectivity index is 1.65. The number of benzene rings is 2. The van der Waals surface area contributed by atoms with E-state index < -0.39 is 0 Å². The van der Waals surface area contributed by atoms with Crippen molar-refractivity contribution in [1.29, 1.82) is 0 Å². The predicted octanol–water partition coefficient (Wildman–Crippen LogP) is 4.66. The average Bonchev–Trinajstić information content (AvgIpc) is 3.21. The van der Waals surface area contributed by atoms with Crippen molar-refractivity contribution in [3.05, 3.63) is 65.4 Å². The molecule has 1 aliphatic heterocycles. The molecule has 0 saturated carbocycles. The third-order valence-electron chi connectivity index (χ3n) is 4.31. The highest BCUT2D eigenvalue weighted by atomic mass is 16.5. The van der Waals surface area contributed by atoms with E-state index in [-0.39, 0.29) is 11.9 Å². The Morgan fingerprint density at radius 2 is 2.08 bits per heavy atom. The van der Waals surface area contributed by atoms with Crippen LogP contribution < -0.4 is 9.47 Å². The number of para-hydroxylation sites is 1. The number of hydrogen-bond donors (Lipinski definition) is 0. The lowest BCUT2D eigenvalue weighted by Gasteiger charge is -2.08. The molecule has 4 rings (SSSR count). The van der Waals surface area contributed by atoms with Crippen molar-refractivity contribution in [1.82, 2.24) is 0 Å². The summed E-state index contributed by atoms with van der Waals surface area (Å²) < 4.78 is 16.9. The van der Waals surface area contributed by atoms with Gasteiger partial charge in [0, 0.05) is 22.9 Å². The lowest BCUT2D eigenvalue weighted by atomic mass is 10.0. The fraction of sp³-hybridized carbons (Fsp3) is 0.190. The minimum atomic E-state index is -0.182. The van der Waals surface area contributed by atoms with Crippen LogP contribution in [0.25, 0.3) is 17.0 Å². The Bertz CT molecular complexity index is 948. The number of furan rings is 1. The van der Waals surface area contributed by atoms with Crippen LogP contribution in [0.15, 0.2) is 53.0 Å². The normalized spacial score (nSPS) is 16.2. The number of carbonyl (C=O) groups excluding carboxylic acids is 1. The van der Waals surface area contributed by atoms with Crippen LogP contribution in [0.3, 0.4) is 0 Å². The number of hydrogen-bond acceptors (Lipinski definition) is 4. The van der Waals surface area contributed by atoms with Crippen molar-refractivity contribution >= 4 is 22.8 Å². The molecule has 126 valence electrons. The standard InChI is InChI=1S/C21H18O4/c1-13-9-16-11-17(23-2)10-15(21(16)24-13)7-8-18(22)20-12-14-5-3-4-6-19(14)25-20/h3-8,10-13H,9H2,1-2H3/b8-7-/t13-/m0/s1. The fourth-order valence-electron chi connectivity index (χ4n) is 3.12. The fourth-order valence-corrected chi connectivity index (χ4v) is 3.12. The molecule has 0 N–H and O–H groups in total. The van der Waals surface area contributed by atoms with Gasteiger partial charge in [-0.3, -0.25) is 4.79 Å². The van der Waals surface area contributed by atoms with Crippen molar-refractivity contribution in [3.8, 4) is 11.5 Å². The first-order chi connectivity index (χ1) is 12.1. The second-order valence-electron chi connectivity index (χ2n) is 6.18. The monoisotopic (exact) mass is 334 g/mol. The van der Waals surface area contributed by atoms with Crippen LogP contribution in [-0.2, 0) is 6.42 Å². The van der Waals surface area contributed by atoms with Crippen LogP contribution in [0, 0.1) is 0 Å². The van der Waals surface area contributed by atoms with E-state index in [4.69, 9.17) is 13.9 Å². The van der Waals surface area contributed by atoms with Crippen LogP contribution >= 0.6 is 0 Å². The molecule has 0 radical (unpaired) electrons. The van der Waals surface area contributed by atoms with Crippen molar-refractivity contribution in [3.63, 3.8) is 0 Å². The summed E-state index contributed by atoms with van der Waals surface area (Å²) in [6.45, 7) is 2.03. The molecular formula is C21H18O4. The Kier molecular flexibility index (Phi) is 3.80. The molecule has 0 aliphatic carbocycles. The van der Waals surface area contributed by atoms with Gasteiger partial charge in [-0.2, -0.15) is 0 Å². The molecule has 0 bridgehead atoms. The van der Waals surface area contributed by atoms with Crippen LogP contribution in [0.2, 0.25) is 0 Å². The molecule has 0 amide bonds. The average molecular weight is 334 g/mol. The zero-order chi connectivity index (χ0) is 17.4. The van der Waals surface area contributed by atoms with Crippen LogP contribution in [0.5, 0.6) is 11.5 Å². The largest absolute Gasteiger partial charge is 0.497 e. The Morgan fingerprint density at radius 3 is 2.88 bits per heavy atom. The number of allylic oxidation sites excluding steroid dienone is 1. The van der Waals surface area contributed by atoms with Crippen LogP contribution in [0.1, 0.15) is 28.6 Å². The molecule has 1 aromatic heterocycles. The number of ketones is 1. The van der Waals surface area contributed by atoms with Crippen molar-refractivity contribution < 1.29 is 18.7 Å². The maximum Gasteiger partial charge on any atom is 0.221 e. The van der Waals surface area contributed by atoms with Gasteiger partial charge in [0.1, 0.15) is 23.2 Å². The second-order valence-corrected chi connectivity index (χ2v) is 6.18. The lowest BCUT2D eigenvalue weighted by Crippen LogP contribution is -2.05. The van der Waals surface area contributed by atoms with Crippen LogP contribution in [-0.4, -0.2) is 19.0 Å². The summed E-state index contributed by atoms with van der Waals surface area (Å²) in [5, 5.41) is 0.915. The van der Waals surface area contributed by atoms with Crippen molar-refractivity contribution in [2.75, 3.05) is 7.11 Å². The minimum absolute atomic E-state index is 0.125. The Labute approximate surface area is 145 Å². The van der Waals surface area contributed by atoms with Gasteiger partial charge in [0.25, 0.3) is 0 Å². The predicted molar refractivity (Wildman–Crippen MR) is 96.4 cm³/mol. The van der Waals surface area contributed by atoms with E-state index in [1.165, 1.54) is 6.08 Å². The number of ether oxygens (including phenoxy) is 2. The highest BCUT2D eigenvalue weighted by Gasteiger charge is 2.22. The zero-order valence-electron chi connectivity index (χ0n) is 14.1. The van der Waals surface area contributed by atoms with Gasteiger partial charge in [-0.05, 0) is 43.3 Å². The van der Waals surface area contributed by atoms with Crippen molar-refractivity contribution in [2.24, 2.45) is 0 Å². The summed E-state index contributed by atoms with van der Waals surface area (Å²) >= 11 is 0. The first-order valence-corrected chi connectivity index (χ1v) is 8.22. The van der Waals surface area contributed by atoms with E-state index in [1.54, 1.807) is 19.3 Å². The van der Waals surface area contributed by atoms with E-state index >= 15 is 0 Å². The first-order valence-electron chi connectivity index (χ1n) is 8.22. The van der Waals surface area contributed by atoms with E-state index in [0.29, 0.717) is 11.3 Å². The SMILES string of the molecule is COc1cc(/C=C\C(=O)c2cc3ccccc3o2)c2c(c1)C[C@H](C)O2. The summed E-state index contributed by atoms with van der Waals surface area (Å²) in [6.07, 6.45) is 4.24. The first kappa shape index (κ1) is 15.5. The molecular weight excluding hydrogens is 316 g/mol. The topological polar surface area (TPSA) is 48.7 Å². The molecule has 0 spiro atoms. The Hall–Kier alpha value is -3.01. The summed E-state index contributed by atoms with van der Waals surface area (Å²) in [5.41, 5.74) is 2.64. The van der Waals surface area contributed by atoms with E-state index in [2.05, 4.69) is 0 Å². The van der Waals surface area contributed by atoms with E-state index in [0.717, 1.165) is 34.4 Å². The number of methoxy groups -OCH3 is 1. The van der Waals surface area contributed by atoms with E-state index in [9.17, 15) is 4.79 Å². The quantitative estimate of drug-likeness (QED) is 0.514.